The Balaban J connectivity index is -0.0000000400. The largest absolute Gasteiger partial charge is 0.199 e. The Morgan fingerprint density at radius 2 is 1.00 bits per heavy atom. The first-order chi connectivity index (χ1) is 2.83. The summed E-state index contributed by atoms with van der Waals surface area (Å²) in [5.41, 5.74) is 0. The number of rotatable bonds is 0. The van der Waals surface area contributed by atoms with Crippen molar-refractivity contribution in [2.75, 3.05) is 0 Å². The minimum atomic E-state index is 0. The van der Waals surface area contributed by atoms with Crippen LogP contribution in [0.4, 0.5) is 0 Å². The predicted octanol–water partition coefficient (Wildman–Crippen LogP) is 1.06. The standard InChI is InChI=1S/2C2H3N.Pt/c2*1-2-3;/h2*1H3;. The van der Waals surface area contributed by atoms with E-state index in [-0.39, 0.29) is 21.1 Å². The van der Waals surface area contributed by atoms with Crippen LogP contribution < -0.4 is 0 Å². The SMILES string of the molecule is CC#N.CC#N.[Pt]. The summed E-state index contributed by atoms with van der Waals surface area (Å²) in [7, 11) is 0. The zero-order valence-electron chi connectivity index (χ0n) is 4.21. The Hall–Kier alpha value is -0.332. The van der Waals surface area contributed by atoms with Crippen LogP contribution in [0.1, 0.15) is 13.8 Å². The first kappa shape index (κ1) is 15.9. The van der Waals surface area contributed by atoms with Crippen LogP contribution in [-0.2, 0) is 21.1 Å². The van der Waals surface area contributed by atoms with Crippen LogP contribution in [0.5, 0.6) is 0 Å². The molecule has 0 aromatic rings. The first-order valence-corrected chi connectivity index (χ1v) is 1.45. The Bertz CT molecular complexity index is 64.7. The fourth-order valence-electron chi connectivity index (χ4n) is 0. The van der Waals surface area contributed by atoms with Gasteiger partial charge in [-0.1, -0.05) is 0 Å². The van der Waals surface area contributed by atoms with E-state index < -0.39 is 0 Å². The second kappa shape index (κ2) is 44.4. The summed E-state index contributed by atoms with van der Waals surface area (Å²) in [5.74, 6) is 0. The minimum absolute atomic E-state index is 0. The van der Waals surface area contributed by atoms with Crippen LogP contribution in [0.25, 0.3) is 0 Å². The summed E-state index contributed by atoms with van der Waals surface area (Å²) >= 11 is 0. The fraction of sp³-hybridized carbons (Fsp3) is 0.500. The number of hydrogen-bond acceptors (Lipinski definition) is 2. The van der Waals surface area contributed by atoms with Crippen molar-refractivity contribution in [3.05, 3.63) is 0 Å². The predicted molar refractivity (Wildman–Crippen MR) is 22.6 cm³/mol. The number of nitriles is 2. The molecule has 42 valence electrons. The molecule has 7 heavy (non-hydrogen) atoms. The molecule has 0 amide bonds. The Morgan fingerprint density at radius 1 is 1.00 bits per heavy atom. The molecule has 0 aromatic heterocycles. The molecular formula is C4H6N2Pt. The summed E-state index contributed by atoms with van der Waals surface area (Å²) in [4.78, 5) is 0. The van der Waals surface area contributed by atoms with Crippen LogP contribution in [0, 0.1) is 22.7 Å². The molecule has 0 spiro atoms. The van der Waals surface area contributed by atoms with Crippen molar-refractivity contribution in [1.29, 1.82) is 10.5 Å². The van der Waals surface area contributed by atoms with Crippen molar-refractivity contribution >= 4 is 0 Å². The van der Waals surface area contributed by atoms with Crippen molar-refractivity contribution in [2.45, 2.75) is 13.8 Å². The third-order valence-corrected chi connectivity index (χ3v) is 0. The summed E-state index contributed by atoms with van der Waals surface area (Å²) < 4.78 is 0. The topological polar surface area (TPSA) is 47.6 Å². The van der Waals surface area contributed by atoms with Crippen LogP contribution in [0.3, 0.4) is 0 Å². The Labute approximate surface area is 58.0 Å². The number of hydrogen-bond donors (Lipinski definition) is 0. The van der Waals surface area contributed by atoms with Gasteiger partial charge in [0, 0.05) is 34.9 Å². The summed E-state index contributed by atoms with van der Waals surface area (Å²) in [6, 6.07) is 3.50. The molecular weight excluding hydrogens is 271 g/mol. The van der Waals surface area contributed by atoms with Gasteiger partial charge < -0.3 is 0 Å². The summed E-state index contributed by atoms with van der Waals surface area (Å²) in [5, 5.41) is 14.6. The van der Waals surface area contributed by atoms with Gasteiger partial charge in [0.1, 0.15) is 0 Å². The van der Waals surface area contributed by atoms with E-state index in [2.05, 4.69) is 0 Å². The fourth-order valence-corrected chi connectivity index (χ4v) is 0. The van der Waals surface area contributed by atoms with Gasteiger partial charge in [-0.25, -0.2) is 0 Å². The quantitative estimate of drug-likeness (QED) is 0.664. The van der Waals surface area contributed by atoms with Gasteiger partial charge in [0.15, 0.2) is 0 Å². The molecule has 0 rings (SSSR count). The van der Waals surface area contributed by atoms with E-state index in [0.29, 0.717) is 0 Å². The molecule has 0 aliphatic heterocycles. The maximum absolute atomic E-state index is 7.32. The normalized spacial score (nSPS) is 2.29. The molecule has 3 heteroatoms. The molecule has 0 radical (unpaired) electrons. The molecule has 0 fully saturated rings. The molecule has 0 bridgehead atoms. The van der Waals surface area contributed by atoms with E-state index in [1.54, 1.807) is 12.1 Å². The molecule has 0 saturated heterocycles. The Kier molecular flexibility index (Phi) is 101. The molecule has 0 unspecified atom stereocenters. The average Bonchev–Trinajstić information content (AvgIpc) is 1.39. The van der Waals surface area contributed by atoms with E-state index in [9.17, 15) is 0 Å². The van der Waals surface area contributed by atoms with Crippen molar-refractivity contribution < 1.29 is 21.1 Å². The summed E-state index contributed by atoms with van der Waals surface area (Å²) in [6.07, 6.45) is 0. The number of nitrogens with zero attached hydrogens (tertiary/aromatic N) is 2. The molecule has 0 aliphatic rings. The third kappa shape index (κ3) is 693. The van der Waals surface area contributed by atoms with Crippen molar-refractivity contribution in [2.24, 2.45) is 0 Å². The zero-order chi connectivity index (χ0) is 5.41. The van der Waals surface area contributed by atoms with Gasteiger partial charge in [0.2, 0.25) is 0 Å². The molecule has 2 nitrogen and oxygen atoms in total. The monoisotopic (exact) mass is 277 g/mol. The zero-order valence-corrected chi connectivity index (χ0v) is 6.48. The summed E-state index contributed by atoms with van der Waals surface area (Å²) in [6.45, 7) is 2.86. The van der Waals surface area contributed by atoms with Crippen LogP contribution in [-0.4, -0.2) is 0 Å². The van der Waals surface area contributed by atoms with E-state index in [0.717, 1.165) is 0 Å². The smallest absolute Gasteiger partial charge is 0.0587 e. The van der Waals surface area contributed by atoms with Gasteiger partial charge in [-0.2, -0.15) is 10.5 Å². The van der Waals surface area contributed by atoms with Gasteiger partial charge in [-0.15, -0.1) is 0 Å². The van der Waals surface area contributed by atoms with Gasteiger partial charge in [0.25, 0.3) is 0 Å². The van der Waals surface area contributed by atoms with E-state index in [4.69, 9.17) is 10.5 Å². The maximum Gasteiger partial charge on any atom is 0.0587 e. The second-order valence-electron chi connectivity index (χ2n) is 0.447. The van der Waals surface area contributed by atoms with E-state index in [1.807, 2.05) is 0 Å². The van der Waals surface area contributed by atoms with E-state index in [1.165, 1.54) is 13.8 Å². The molecule has 0 aromatic carbocycles. The van der Waals surface area contributed by atoms with E-state index >= 15 is 0 Å². The average molecular weight is 277 g/mol. The van der Waals surface area contributed by atoms with Crippen molar-refractivity contribution in [3.63, 3.8) is 0 Å². The second-order valence-corrected chi connectivity index (χ2v) is 0.447. The van der Waals surface area contributed by atoms with Gasteiger partial charge in [-0.3, -0.25) is 0 Å². The molecule has 0 aliphatic carbocycles. The van der Waals surface area contributed by atoms with Crippen LogP contribution >= 0.6 is 0 Å². The minimum Gasteiger partial charge on any atom is -0.199 e. The van der Waals surface area contributed by atoms with Crippen molar-refractivity contribution in [3.8, 4) is 12.1 Å². The third-order valence-electron chi connectivity index (χ3n) is 0. The molecule has 0 atom stereocenters. The molecule has 0 saturated carbocycles. The Morgan fingerprint density at radius 3 is 1.00 bits per heavy atom. The van der Waals surface area contributed by atoms with Crippen LogP contribution in [0.15, 0.2) is 0 Å². The first-order valence-electron chi connectivity index (χ1n) is 1.45. The van der Waals surface area contributed by atoms with Crippen LogP contribution in [0.2, 0.25) is 0 Å². The van der Waals surface area contributed by atoms with Gasteiger partial charge >= 0.3 is 0 Å². The van der Waals surface area contributed by atoms with Crippen molar-refractivity contribution in [1.82, 2.24) is 0 Å². The molecule has 0 heterocycles. The molecule has 0 N–H and O–H groups in total. The van der Waals surface area contributed by atoms with Gasteiger partial charge in [0.05, 0.1) is 12.1 Å². The maximum atomic E-state index is 7.32. The van der Waals surface area contributed by atoms with Gasteiger partial charge in [-0.05, 0) is 0 Å².